The van der Waals surface area contributed by atoms with E-state index in [2.05, 4.69) is 5.32 Å². The van der Waals surface area contributed by atoms with Gasteiger partial charge < -0.3 is 20.1 Å². The van der Waals surface area contributed by atoms with Crippen molar-refractivity contribution < 1.29 is 19.4 Å². The fraction of sp³-hybridized carbons (Fsp3) is 0.846. The molecule has 0 radical (unpaired) electrons. The average molecular weight is 270 g/mol. The molecule has 0 aromatic rings. The normalized spacial score (nSPS) is 20.5. The summed E-state index contributed by atoms with van der Waals surface area (Å²) in [4.78, 5) is 25.1. The first-order valence-electron chi connectivity index (χ1n) is 6.86. The highest BCUT2D eigenvalue weighted by atomic mass is 16.5. The van der Waals surface area contributed by atoms with Gasteiger partial charge in [-0.05, 0) is 25.7 Å². The van der Waals surface area contributed by atoms with Crippen molar-refractivity contribution in [2.75, 3.05) is 26.8 Å². The summed E-state index contributed by atoms with van der Waals surface area (Å²) in [5.41, 5.74) is -0.730. The van der Waals surface area contributed by atoms with Gasteiger partial charge in [-0.1, -0.05) is 6.42 Å². The number of hydrogen-bond acceptors (Lipinski definition) is 3. The van der Waals surface area contributed by atoms with Crippen LogP contribution in [0.4, 0.5) is 4.79 Å². The maximum atomic E-state index is 12.1. The van der Waals surface area contributed by atoms with E-state index in [-0.39, 0.29) is 12.6 Å². The molecule has 6 nitrogen and oxygen atoms in total. The van der Waals surface area contributed by atoms with E-state index in [1.165, 1.54) is 0 Å². The third-order valence-corrected chi connectivity index (χ3v) is 4.13. The molecule has 0 aromatic heterocycles. The summed E-state index contributed by atoms with van der Waals surface area (Å²) < 4.78 is 5.00. The van der Waals surface area contributed by atoms with Crippen LogP contribution in [0.1, 0.15) is 32.1 Å². The summed E-state index contributed by atoms with van der Waals surface area (Å²) in [6.45, 7) is 1.30. The number of nitrogens with one attached hydrogen (secondary N) is 1. The molecule has 0 heterocycles. The molecule has 0 atom stereocenters. The topological polar surface area (TPSA) is 78.9 Å². The number of carboxylic acid groups (broad SMARTS) is 1. The van der Waals surface area contributed by atoms with Crippen molar-refractivity contribution in [3.8, 4) is 0 Å². The van der Waals surface area contributed by atoms with Crippen LogP contribution in [0, 0.1) is 5.41 Å². The molecule has 0 spiro atoms. The van der Waals surface area contributed by atoms with Crippen LogP contribution < -0.4 is 5.32 Å². The van der Waals surface area contributed by atoms with Crippen LogP contribution in [0.3, 0.4) is 0 Å². The minimum absolute atomic E-state index is 0.160. The highest BCUT2D eigenvalue weighted by Gasteiger charge is 2.45. The Balaban J connectivity index is 1.83. The second kappa shape index (κ2) is 5.77. The standard InChI is InChI=1S/C13H22N2O4/c1-19-8-7-15(10-3-4-10)12(18)14-9-13(11(16)17)5-2-6-13/h10H,2-9H2,1H3,(H,14,18)(H,16,17). The number of aliphatic carboxylic acids is 1. The SMILES string of the molecule is COCCN(C(=O)NCC1(C(=O)O)CCC1)C1CC1. The van der Waals surface area contributed by atoms with Gasteiger partial charge in [-0.3, -0.25) is 4.79 Å². The maximum Gasteiger partial charge on any atom is 0.317 e. The third kappa shape index (κ3) is 3.18. The molecule has 108 valence electrons. The van der Waals surface area contributed by atoms with Crippen LogP contribution in [0.2, 0.25) is 0 Å². The minimum Gasteiger partial charge on any atom is -0.481 e. The van der Waals surface area contributed by atoms with Crippen molar-refractivity contribution in [3.05, 3.63) is 0 Å². The molecule has 2 N–H and O–H groups in total. The zero-order valence-electron chi connectivity index (χ0n) is 11.4. The molecule has 0 saturated heterocycles. The van der Waals surface area contributed by atoms with Gasteiger partial charge in [0.2, 0.25) is 0 Å². The largest absolute Gasteiger partial charge is 0.481 e. The zero-order valence-corrected chi connectivity index (χ0v) is 11.4. The predicted octanol–water partition coefficient (Wildman–Crippen LogP) is 1.06. The molecule has 2 aliphatic rings. The van der Waals surface area contributed by atoms with Crippen molar-refractivity contribution in [2.45, 2.75) is 38.1 Å². The Kier molecular flexibility index (Phi) is 4.29. The summed E-state index contributed by atoms with van der Waals surface area (Å²) in [6.07, 6.45) is 4.30. The lowest BCUT2D eigenvalue weighted by atomic mass is 9.69. The average Bonchev–Trinajstić information content (AvgIpc) is 3.12. The molecule has 0 aromatic carbocycles. The smallest absolute Gasteiger partial charge is 0.317 e. The van der Waals surface area contributed by atoms with Crippen LogP contribution >= 0.6 is 0 Å². The summed E-state index contributed by atoms with van der Waals surface area (Å²) in [7, 11) is 1.61. The Morgan fingerprint density at radius 2 is 2.11 bits per heavy atom. The first-order chi connectivity index (χ1) is 9.09. The summed E-state index contributed by atoms with van der Waals surface area (Å²) in [5, 5.41) is 12.0. The van der Waals surface area contributed by atoms with Crippen molar-refractivity contribution in [1.29, 1.82) is 0 Å². The van der Waals surface area contributed by atoms with Gasteiger partial charge in [0.25, 0.3) is 0 Å². The van der Waals surface area contributed by atoms with Gasteiger partial charge in [-0.25, -0.2) is 4.79 Å². The first-order valence-corrected chi connectivity index (χ1v) is 6.86. The van der Waals surface area contributed by atoms with Crippen molar-refractivity contribution in [1.82, 2.24) is 10.2 Å². The fourth-order valence-corrected chi connectivity index (χ4v) is 2.44. The quantitative estimate of drug-likeness (QED) is 0.725. The highest BCUT2D eigenvalue weighted by Crippen LogP contribution is 2.40. The van der Waals surface area contributed by atoms with Crippen molar-refractivity contribution in [3.63, 3.8) is 0 Å². The van der Waals surface area contributed by atoms with E-state index in [9.17, 15) is 14.7 Å². The summed E-state index contributed by atoms with van der Waals surface area (Å²) in [6, 6.07) is 0.143. The van der Waals surface area contributed by atoms with E-state index >= 15 is 0 Å². The van der Waals surface area contributed by atoms with Crippen molar-refractivity contribution >= 4 is 12.0 Å². The van der Waals surface area contributed by atoms with Gasteiger partial charge in [0.1, 0.15) is 0 Å². The Bertz CT molecular complexity index is 351. The van der Waals surface area contributed by atoms with Crippen LogP contribution in [0.25, 0.3) is 0 Å². The Labute approximate surface area is 113 Å². The number of methoxy groups -OCH3 is 1. The van der Waals surface area contributed by atoms with E-state index in [4.69, 9.17) is 4.74 Å². The van der Waals surface area contributed by atoms with E-state index in [1.54, 1.807) is 12.0 Å². The van der Waals surface area contributed by atoms with Crippen LogP contribution in [0.15, 0.2) is 0 Å². The number of carbonyl (C=O) groups is 2. The molecular formula is C13H22N2O4. The minimum atomic E-state index is -0.797. The molecule has 0 bridgehead atoms. The molecule has 2 fully saturated rings. The molecular weight excluding hydrogens is 248 g/mol. The molecule has 2 saturated carbocycles. The molecule has 6 heteroatoms. The number of nitrogens with zero attached hydrogens (tertiary/aromatic N) is 1. The lowest BCUT2D eigenvalue weighted by Gasteiger charge is -2.38. The van der Waals surface area contributed by atoms with Crippen LogP contribution in [0.5, 0.6) is 0 Å². The van der Waals surface area contributed by atoms with Gasteiger partial charge >= 0.3 is 12.0 Å². The first kappa shape index (κ1) is 14.1. The molecule has 19 heavy (non-hydrogen) atoms. The van der Waals surface area contributed by atoms with Gasteiger partial charge in [-0.15, -0.1) is 0 Å². The second-order valence-electron chi connectivity index (χ2n) is 5.52. The third-order valence-electron chi connectivity index (χ3n) is 4.13. The number of ether oxygens (including phenoxy) is 1. The van der Waals surface area contributed by atoms with Gasteiger partial charge in [0.15, 0.2) is 0 Å². The summed E-state index contributed by atoms with van der Waals surface area (Å²) in [5.74, 6) is -0.797. The maximum absolute atomic E-state index is 12.1. The van der Waals surface area contributed by atoms with E-state index in [1.807, 2.05) is 0 Å². The summed E-state index contributed by atoms with van der Waals surface area (Å²) >= 11 is 0. The Morgan fingerprint density at radius 3 is 2.53 bits per heavy atom. The highest BCUT2D eigenvalue weighted by molar-refractivity contribution is 5.79. The van der Waals surface area contributed by atoms with Crippen LogP contribution in [-0.2, 0) is 9.53 Å². The van der Waals surface area contributed by atoms with Crippen LogP contribution in [-0.4, -0.2) is 54.9 Å². The number of hydrogen-bond donors (Lipinski definition) is 2. The molecule has 2 rings (SSSR count). The van der Waals surface area contributed by atoms with E-state index < -0.39 is 11.4 Å². The van der Waals surface area contributed by atoms with Gasteiger partial charge in [0.05, 0.1) is 12.0 Å². The Hall–Kier alpha value is -1.30. The van der Waals surface area contributed by atoms with Crippen molar-refractivity contribution in [2.24, 2.45) is 5.41 Å². The lowest BCUT2D eigenvalue weighted by molar-refractivity contribution is -0.153. The fourth-order valence-electron chi connectivity index (χ4n) is 2.44. The lowest BCUT2D eigenvalue weighted by Crippen LogP contribution is -2.51. The number of carboxylic acids is 1. The number of rotatable bonds is 7. The number of urea groups is 1. The van der Waals surface area contributed by atoms with Gasteiger partial charge in [0, 0.05) is 26.2 Å². The number of amides is 2. The molecule has 2 aliphatic carbocycles. The van der Waals surface area contributed by atoms with E-state index in [0.29, 0.717) is 32.0 Å². The van der Waals surface area contributed by atoms with Gasteiger partial charge in [-0.2, -0.15) is 0 Å². The van der Waals surface area contributed by atoms with E-state index in [0.717, 1.165) is 19.3 Å². The zero-order chi connectivity index (χ0) is 13.9. The number of carbonyl (C=O) groups excluding carboxylic acids is 1. The monoisotopic (exact) mass is 270 g/mol. The second-order valence-corrected chi connectivity index (χ2v) is 5.52. The Morgan fingerprint density at radius 1 is 1.42 bits per heavy atom. The molecule has 2 amide bonds. The predicted molar refractivity (Wildman–Crippen MR) is 68.9 cm³/mol. The molecule has 0 unspecified atom stereocenters. The molecule has 0 aliphatic heterocycles.